The van der Waals surface area contributed by atoms with E-state index in [4.69, 9.17) is 19.2 Å². The largest absolute Gasteiger partial charge is 0.494 e. The first-order chi connectivity index (χ1) is 18.6. The van der Waals surface area contributed by atoms with Crippen molar-refractivity contribution in [1.29, 1.82) is 0 Å². The van der Waals surface area contributed by atoms with Crippen molar-refractivity contribution in [2.75, 3.05) is 13.4 Å². The smallest absolute Gasteiger partial charge is 0.231 e. The predicted molar refractivity (Wildman–Crippen MR) is 153 cm³/mol. The number of H-pyrrole nitrogens is 1. The summed E-state index contributed by atoms with van der Waals surface area (Å²) in [6.45, 7) is 6.68. The highest BCUT2D eigenvalue weighted by molar-refractivity contribution is 9.10. The fourth-order valence-corrected chi connectivity index (χ4v) is 5.40. The molecule has 1 N–H and O–H groups in total. The van der Waals surface area contributed by atoms with Gasteiger partial charge in [0.15, 0.2) is 16.2 Å². The van der Waals surface area contributed by atoms with Crippen molar-refractivity contribution in [2.45, 2.75) is 52.2 Å². The molecule has 6 nitrogen and oxygen atoms in total. The van der Waals surface area contributed by atoms with E-state index in [1.807, 2.05) is 25.1 Å². The lowest BCUT2D eigenvalue weighted by atomic mass is 9.98. The number of imidazole rings is 1. The lowest BCUT2D eigenvalue weighted by Gasteiger charge is -2.32. The zero-order valence-corrected chi connectivity index (χ0v) is 23.5. The zero-order chi connectivity index (χ0) is 26.3. The number of aromatic amines is 1. The Morgan fingerprint density at radius 1 is 0.947 bits per heavy atom. The summed E-state index contributed by atoms with van der Waals surface area (Å²) in [7, 11) is 0. The second-order valence-electron chi connectivity index (χ2n) is 9.49. The van der Waals surface area contributed by atoms with Gasteiger partial charge < -0.3 is 19.2 Å². The van der Waals surface area contributed by atoms with Gasteiger partial charge in [-0.25, -0.2) is 4.98 Å². The summed E-state index contributed by atoms with van der Waals surface area (Å²) in [5.74, 6) is 2.50. The highest BCUT2D eigenvalue weighted by Gasteiger charge is 2.27. The van der Waals surface area contributed by atoms with Gasteiger partial charge in [0, 0.05) is 18.7 Å². The fourth-order valence-electron chi connectivity index (χ4n) is 5.01. The van der Waals surface area contributed by atoms with Crippen LogP contribution in [-0.2, 0) is 13.1 Å². The first-order valence-electron chi connectivity index (χ1n) is 13.3. The van der Waals surface area contributed by atoms with Crippen molar-refractivity contribution >= 4 is 15.9 Å². The minimum Gasteiger partial charge on any atom is -0.494 e. The maximum atomic E-state index is 5.82. The maximum Gasteiger partial charge on any atom is 0.231 e. The molecular formula is C31H34BrN3O3. The molecule has 0 fully saturated rings. The number of aromatic nitrogens is 2. The third-order valence-electron chi connectivity index (χ3n) is 6.77. The number of nitrogens with one attached hydrogen (secondary N) is 1. The molecule has 1 aliphatic rings. The SMILES string of the molecule is CCCCC(c1[nH]c(Br)nc1-c1ccccc1)N(Cc1cccc(OCC)c1)Cc1ccc2c(c1)OCO2. The summed E-state index contributed by atoms with van der Waals surface area (Å²) in [5.41, 5.74) is 5.59. The third-order valence-corrected chi connectivity index (χ3v) is 7.15. The van der Waals surface area contributed by atoms with Crippen LogP contribution in [0.15, 0.2) is 77.5 Å². The molecule has 0 amide bonds. The number of hydrogen-bond donors (Lipinski definition) is 1. The molecule has 5 rings (SSSR count). The molecule has 0 saturated carbocycles. The number of unbranched alkanes of at least 4 members (excludes halogenated alkanes) is 1. The van der Waals surface area contributed by atoms with Crippen LogP contribution in [0.1, 0.15) is 56.0 Å². The first-order valence-corrected chi connectivity index (χ1v) is 14.1. The summed E-state index contributed by atoms with van der Waals surface area (Å²) in [5, 5.41) is 0. The Kier molecular flexibility index (Phi) is 8.66. The van der Waals surface area contributed by atoms with Crippen molar-refractivity contribution in [2.24, 2.45) is 0 Å². The second-order valence-corrected chi connectivity index (χ2v) is 10.2. The molecule has 1 unspecified atom stereocenters. The Labute approximate surface area is 233 Å². The van der Waals surface area contributed by atoms with Crippen LogP contribution in [0.4, 0.5) is 0 Å². The number of nitrogens with zero attached hydrogens (tertiary/aromatic N) is 2. The van der Waals surface area contributed by atoms with Gasteiger partial charge in [0.1, 0.15) is 5.75 Å². The Bertz CT molecular complexity index is 1340. The van der Waals surface area contributed by atoms with Gasteiger partial charge >= 0.3 is 0 Å². The van der Waals surface area contributed by atoms with Gasteiger partial charge in [0.25, 0.3) is 0 Å². The summed E-state index contributed by atoms with van der Waals surface area (Å²) < 4.78 is 17.8. The summed E-state index contributed by atoms with van der Waals surface area (Å²) in [6, 6.07) is 25.2. The van der Waals surface area contributed by atoms with Crippen molar-refractivity contribution < 1.29 is 14.2 Å². The molecule has 198 valence electrons. The molecule has 38 heavy (non-hydrogen) atoms. The van der Waals surface area contributed by atoms with E-state index in [-0.39, 0.29) is 12.8 Å². The van der Waals surface area contributed by atoms with Crippen LogP contribution in [0.3, 0.4) is 0 Å². The molecule has 3 aromatic carbocycles. The minimum absolute atomic E-state index is 0.116. The van der Waals surface area contributed by atoms with Gasteiger partial charge in [-0.1, -0.05) is 68.3 Å². The van der Waals surface area contributed by atoms with Gasteiger partial charge in [-0.15, -0.1) is 0 Å². The van der Waals surface area contributed by atoms with Gasteiger partial charge in [0.2, 0.25) is 6.79 Å². The van der Waals surface area contributed by atoms with E-state index in [9.17, 15) is 0 Å². The van der Waals surface area contributed by atoms with Crippen LogP contribution in [0.2, 0.25) is 0 Å². The lowest BCUT2D eigenvalue weighted by Crippen LogP contribution is -2.29. The topological polar surface area (TPSA) is 59.6 Å². The molecule has 1 aliphatic heterocycles. The van der Waals surface area contributed by atoms with Crippen LogP contribution in [-0.4, -0.2) is 28.3 Å². The fraction of sp³-hybridized carbons (Fsp3) is 0.323. The summed E-state index contributed by atoms with van der Waals surface area (Å²) in [6.07, 6.45) is 3.22. The number of halogens is 1. The van der Waals surface area contributed by atoms with Crippen LogP contribution >= 0.6 is 15.9 Å². The Balaban J connectivity index is 1.55. The molecule has 0 bridgehead atoms. The average molecular weight is 577 g/mol. The summed E-state index contributed by atoms with van der Waals surface area (Å²) >= 11 is 3.63. The van der Waals surface area contributed by atoms with E-state index in [0.29, 0.717) is 6.61 Å². The zero-order valence-electron chi connectivity index (χ0n) is 22.0. The van der Waals surface area contributed by atoms with Gasteiger partial charge in [-0.3, -0.25) is 4.90 Å². The van der Waals surface area contributed by atoms with Crippen LogP contribution in [0.25, 0.3) is 11.3 Å². The minimum atomic E-state index is 0.116. The highest BCUT2D eigenvalue weighted by atomic mass is 79.9. The van der Waals surface area contributed by atoms with Crippen LogP contribution < -0.4 is 14.2 Å². The van der Waals surface area contributed by atoms with E-state index in [0.717, 1.165) is 71.3 Å². The molecule has 0 radical (unpaired) electrons. The Morgan fingerprint density at radius 3 is 2.53 bits per heavy atom. The highest BCUT2D eigenvalue weighted by Crippen LogP contribution is 2.38. The molecule has 1 atom stereocenters. The van der Waals surface area contributed by atoms with Gasteiger partial charge in [0.05, 0.1) is 24.0 Å². The summed E-state index contributed by atoms with van der Waals surface area (Å²) in [4.78, 5) is 11.0. The van der Waals surface area contributed by atoms with Crippen molar-refractivity contribution in [3.8, 4) is 28.5 Å². The quantitative estimate of drug-likeness (QED) is 0.186. The van der Waals surface area contributed by atoms with Crippen molar-refractivity contribution in [1.82, 2.24) is 14.9 Å². The lowest BCUT2D eigenvalue weighted by molar-refractivity contribution is 0.163. The van der Waals surface area contributed by atoms with E-state index in [1.165, 1.54) is 11.1 Å². The molecule has 0 spiro atoms. The Hall–Kier alpha value is -3.29. The standard InChI is InChI=1S/C31H34BrN3O3/c1-3-5-14-26(30-29(33-31(32)34-30)24-11-7-6-8-12-24)35(19-22-10-9-13-25(17-22)36-4-2)20-23-15-16-27-28(18-23)38-21-37-27/h6-13,15-18,26H,3-5,14,19-21H2,1-2H3,(H,33,34). The number of hydrogen-bond acceptors (Lipinski definition) is 5. The molecule has 4 aromatic rings. The van der Waals surface area contributed by atoms with Crippen molar-refractivity contribution in [3.63, 3.8) is 0 Å². The normalized spacial score (nSPS) is 13.2. The van der Waals surface area contributed by atoms with Gasteiger partial charge in [-0.2, -0.15) is 0 Å². The third kappa shape index (κ3) is 6.22. The first kappa shape index (κ1) is 26.3. The van der Waals surface area contributed by atoms with Crippen LogP contribution in [0, 0.1) is 0 Å². The number of ether oxygens (including phenoxy) is 3. The van der Waals surface area contributed by atoms with Crippen molar-refractivity contribution in [3.05, 3.63) is 94.4 Å². The molecule has 0 aliphatic carbocycles. The number of benzene rings is 3. The predicted octanol–water partition coefficient (Wildman–Crippen LogP) is 7.90. The molecule has 1 aromatic heterocycles. The maximum absolute atomic E-state index is 5.82. The average Bonchev–Trinajstić information content (AvgIpc) is 3.56. The van der Waals surface area contributed by atoms with E-state index in [1.54, 1.807) is 0 Å². The van der Waals surface area contributed by atoms with E-state index >= 15 is 0 Å². The monoisotopic (exact) mass is 575 g/mol. The molecule has 7 heteroatoms. The van der Waals surface area contributed by atoms with Gasteiger partial charge in [-0.05, 0) is 64.7 Å². The van der Waals surface area contributed by atoms with E-state index in [2.05, 4.69) is 87.3 Å². The Morgan fingerprint density at radius 2 is 1.74 bits per heavy atom. The number of rotatable bonds is 12. The second kappa shape index (κ2) is 12.5. The van der Waals surface area contributed by atoms with Crippen LogP contribution in [0.5, 0.6) is 17.2 Å². The molecular weight excluding hydrogens is 542 g/mol. The number of fused-ring (bicyclic) bond motifs is 1. The molecule has 0 saturated heterocycles. The molecule has 2 heterocycles. The van der Waals surface area contributed by atoms with E-state index < -0.39 is 0 Å².